The summed E-state index contributed by atoms with van der Waals surface area (Å²) < 4.78 is 5.45. The Kier molecular flexibility index (Phi) is 4.87. The normalized spacial score (nSPS) is 23.0. The minimum atomic E-state index is -0.606. The molecule has 0 bridgehead atoms. The molecule has 0 aliphatic heterocycles. The van der Waals surface area contributed by atoms with Crippen LogP contribution in [0.1, 0.15) is 76.0 Å². The molecular formula is C16H26O2. The maximum atomic E-state index is 10.8. The third-order valence-corrected chi connectivity index (χ3v) is 4.18. The van der Waals surface area contributed by atoms with Crippen LogP contribution in [0.25, 0.3) is 0 Å². The van der Waals surface area contributed by atoms with Crippen molar-refractivity contribution in [2.45, 2.75) is 76.7 Å². The van der Waals surface area contributed by atoms with Gasteiger partial charge in [-0.15, -0.1) is 0 Å². The highest BCUT2D eigenvalue weighted by atomic mass is 16.3. The maximum absolute atomic E-state index is 10.8. The molecule has 1 aromatic rings. The molecule has 2 heteroatoms. The van der Waals surface area contributed by atoms with Crippen molar-refractivity contribution in [3.05, 3.63) is 23.7 Å². The summed E-state index contributed by atoms with van der Waals surface area (Å²) in [5.74, 6) is 1.01. The van der Waals surface area contributed by atoms with Gasteiger partial charge >= 0.3 is 0 Å². The first kappa shape index (κ1) is 13.7. The molecule has 1 aliphatic rings. The first-order valence-corrected chi connectivity index (χ1v) is 7.55. The van der Waals surface area contributed by atoms with Gasteiger partial charge in [-0.3, -0.25) is 0 Å². The van der Waals surface area contributed by atoms with Gasteiger partial charge in [0.25, 0.3) is 0 Å². The number of hydrogen-bond acceptors (Lipinski definition) is 2. The van der Waals surface area contributed by atoms with Gasteiger partial charge in [-0.25, -0.2) is 0 Å². The Morgan fingerprint density at radius 2 is 2.00 bits per heavy atom. The Balaban J connectivity index is 1.79. The summed E-state index contributed by atoms with van der Waals surface area (Å²) in [6.45, 7) is 2.24. The van der Waals surface area contributed by atoms with Crippen molar-refractivity contribution in [3.63, 3.8) is 0 Å². The predicted octanol–water partition coefficient (Wildman–Crippen LogP) is 4.55. The van der Waals surface area contributed by atoms with Gasteiger partial charge in [0.1, 0.15) is 5.76 Å². The minimum absolute atomic E-state index is 0.606. The summed E-state index contributed by atoms with van der Waals surface area (Å²) in [5, 5.41) is 10.8. The van der Waals surface area contributed by atoms with E-state index in [1.54, 1.807) is 6.26 Å². The monoisotopic (exact) mass is 250 g/mol. The van der Waals surface area contributed by atoms with Crippen LogP contribution in [0.4, 0.5) is 0 Å². The third kappa shape index (κ3) is 3.17. The SMILES string of the molecule is CCCCCCCCC1(O)CCCc2occc21. The Bertz CT molecular complexity index is 356. The molecule has 0 radical (unpaired) electrons. The Labute approximate surface area is 110 Å². The molecule has 102 valence electrons. The molecule has 2 nitrogen and oxygen atoms in total. The van der Waals surface area contributed by atoms with Crippen LogP contribution in [-0.4, -0.2) is 5.11 Å². The van der Waals surface area contributed by atoms with Gasteiger partial charge in [0.2, 0.25) is 0 Å². The molecule has 1 heterocycles. The summed E-state index contributed by atoms with van der Waals surface area (Å²) in [4.78, 5) is 0. The Morgan fingerprint density at radius 1 is 1.22 bits per heavy atom. The largest absolute Gasteiger partial charge is 0.469 e. The van der Waals surface area contributed by atoms with Crippen LogP contribution in [0, 0.1) is 0 Å². The van der Waals surface area contributed by atoms with Crippen molar-refractivity contribution < 1.29 is 9.52 Å². The van der Waals surface area contributed by atoms with E-state index in [9.17, 15) is 5.11 Å². The molecule has 1 aromatic heterocycles. The zero-order valence-corrected chi connectivity index (χ0v) is 11.6. The topological polar surface area (TPSA) is 33.4 Å². The second-order valence-electron chi connectivity index (χ2n) is 5.66. The van der Waals surface area contributed by atoms with Crippen molar-refractivity contribution in [1.82, 2.24) is 0 Å². The lowest BCUT2D eigenvalue weighted by Gasteiger charge is -2.31. The molecule has 1 atom stereocenters. The number of aryl methyl sites for hydroxylation is 1. The number of fused-ring (bicyclic) bond motifs is 1. The Morgan fingerprint density at radius 3 is 2.83 bits per heavy atom. The standard InChI is InChI=1S/C16H26O2/c1-2-3-4-5-6-7-11-16(17)12-8-9-15-14(16)10-13-18-15/h10,13,17H,2-9,11-12H2,1H3. The summed E-state index contributed by atoms with van der Waals surface area (Å²) in [6.07, 6.45) is 13.2. The third-order valence-electron chi connectivity index (χ3n) is 4.18. The van der Waals surface area contributed by atoms with Gasteiger partial charge in [0.05, 0.1) is 11.9 Å². The molecule has 1 unspecified atom stereocenters. The molecule has 18 heavy (non-hydrogen) atoms. The zero-order chi connectivity index (χ0) is 12.8. The summed E-state index contributed by atoms with van der Waals surface area (Å²) in [5.41, 5.74) is 0.452. The van der Waals surface area contributed by atoms with Crippen LogP contribution in [0.2, 0.25) is 0 Å². The van der Waals surface area contributed by atoms with E-state index in [4.69, 9.17) is 4.42 Å². The second-order valence-corrected chi connectivity index (χ2v) is 5.66. The number of rotatable bonds is 7. The maximum Gasteiger partial charge on any atom is 0.109 e. The molecule has 0 aromatic carbocycles. The zero-order valence-electron chi connectivity index (χ0n) is 11.6. The highest BCUT2D eigenvalue weighted by Crippen LogP contribution is 2.39. The molecule has 0 amide bonds. The summed E-state index contributed by atoms with van der Waals surface area (Å²) in [7, 11) is 0. The van der Waals surface area contributed by atoms with Gasteiger partial charge < -0.3 is 9.52 Å². The lowest BCUT2D eigenvalue weighted by Crippen LogP contribution is -2.29. The van der Waals surface area contributed by atoms with E-state index in [2.05, 4.69) is 6.92 Å². The van der Waals surface area contributed by atoms with Crippen LogP contribution in [-0.2, 0) is 12.0 Å². The van der Waals surface area contributed by atoms with Crippen LogP contribution >= 0.6 is 0 Å². The predicted molar refractivity (Wildman–Crippen MR) is 73.5 cm³/mol. The highest BCUT2D eigenvalue weighted by Gasteiger charge is 2.35. The smallest absolute Gasteiger partial charge is 0.109 e. The molecule has 0 saturated carbocycles. The Hall–Kier alpha value is -0.760. The summed E-state index contributed by atoms with van der Waals surface area (Å²) in [6, 6.07) is 1.96. The fourth-order valence-electron chi connectivity index (χ4n) is 3.08. The first-order valence-electron chi connectivity index (χ1n) is 7.55. The van der Waals surface area contributed by atoms with E-state index in [0.29, 0.717) is 0 Å². The van der Waals surface area contributed by atoms with E-state index >= 15 is 0 Å². The lowest BCUT2D eigenvalue weighted by atomic mass is 9.79. The fraction of sp³-hybridized carbons (Fsp3) is 0.750. The van der Waals surface area contributed by atoms with E-state index in [1.165, 1.54) is 32.1 Å². The van der Waals surface area contributed by atoms with E-state index in [1.807, 2.05) is 6.07 Å². The van der Waals surface area contributed by atoms with Gasteiger partial charge in [-0.2, -0.15) is 0 Å². The lowest BCUT2D eigenvalue weighted by molar-refractivity contribution is 0.00552. The molecular weight excluding hydrogens is 224 g/mol. The second kappa shape index (κ2) is 6.42. The van der Waals surface area contributed by atoms with Crippen LogP contribution in [0.5, 0.6) is 0 Å². The van der Waals surface area contributed by atoms with Crippen molar-refractivity contribution >= 4 is 0 Å². The van der Waals surface area contributed by atoms with Gasteiger partial charge in [-0.05, 0) is 25.3 Å². The first-order chi connectivity index (χ1) is 8.76. The van der Waals surface area contributed by atoms with E-state index in [-0.39, 0.29) is 0 Å². The van der Waals surface area contributed by atoms with Crippen LogP contribution in [0.3, 0.4) is 0 Å². The molecule has 2 rings (SSSR count). The van der Waals surface area contributed by atoms with Crippen LogP contribution in [0.15, 0.2) is 16.7 Å². The van der Waals surface area contributed by atoms with Crippen molar-refractivity contribution in [1.29, 1.82) is 0 Å². The van der Waals surface area contributed by atoms with Crippen molar-refractivity contribution in [2.24, 2.45) is 0 Å². The average Bonchev–Trinajstić information content (AvgIpc) is 2.84. The van der Waals surface area contributed by atoms with E-state index < -0.39 is 5.60 Å². The van der Waals surface area contributed by atoms with Gasteiger partial charge in [0.15, 0.2) is 0 Å². The molecule has 1 N–H and O–H groups in total. The number of furan rings is 1. The van der Waals surface area contributed by atoms with Gasteiger partial charge in [-0.1, -0.05) is 45.4 Å². The van der Waals surface area contributed by atoms with Gasteiger partial charge in [0, 0.05) is 12.0 Å². The van der Waals surface area contributed by atoms with Crippen molar-refractivity contribution in [2.75, 3.05) is 0 Å². The summed E-state index contributed by atoms with van der Waals surface area (Å²) >= 11 is 0. The number of hydrogen-bond donors (Lipinski definition) is 1. The number of unbranched alkanes of at least 4 members (excludes halogenated alkanes) is 5. The fourth-order valence-corrected chi connectivity index (χ4v) is 3.08. The van der Waals surface area contributed by atoms with Crippen molar-refractivity contribution in [3.8, 4) is 0 Å². The molecule has 1 aliphatic carbocycles. The number of aliphatic hydroxyl groups is 1. The molecule has 0 fully saturated rings. The quantitative estimate of drug-likeness (QED) is 0.720. The van der Waals surface area contributed by atoms with E-state index in [0.717, 1.165) is 43.4 Å². The molecule has 0 spiro atoms. The average molecular weight is 250 g/mol. The molecule has 0 saturated heterocycles. The minimum Gasteiger partial charge on any atom is -0.469 e. The highest BCUT2D eigenvalue weighted by molar-refractivity contribution is 5.27. The van der Waals surface area contributed by atoms with Crippen LogP contribution < -0.4 is 0 Å².